The molecule has 0 saturated carbocycles. The highest BCUT2D eigenvalue weighted by atomic mass is 32.2. The normalized spacial score (nSPS) is 11.1. The Hall–Kier alpha value is -2.44. The summed E-state index contributed by atoms with van der Waals surface area (Å²) in [5.74, 6) is -7.30. The first kappa shape index (κ1) is 14.6. The predicted molar refractivity (Wildman–Crippen MR) is 53.2 cm³/mol. The molecule has 0 bridgehead atoms. The Kier molecular flexibility index (Phi) is 3.60. The van der Waals surface area contributed by atoms with Crippen LogP contribution in [0.15, 0.2) is 4.90 Å². The van der Waals surface area contributed by atoms with E-state index in [9.17, 15) is 28.5 Å². The second-order valence-electron chi connectivity index (χ2n) is 2.97. The second kappa shape index (κ2) is 4.68. The number of ether oxygens (including phenoxy) is 1. The largest absolute Gasteiger partial charge is 0.511 e. The van der Waals surface area contributed by atoms with E-state index in [-0.39, 0.29) is 0 Å². The van der Waals surface area contributed by atoms with Crippen molar-refractivity contribution in [3.63, 3.8) is 0 Å². The summed E-state index contributed by atoms with van der Waals surface area (Å²) in [5.41, 5.74) is 0. The highest BCUT2D eigenvalue weighted by Crippen LogP contribution is 2.53. The van der Waals surface area contributed by atoms with Crippen molar-refractivity contribution >= 4 is 16.3 Å². The zero-order valence-corrected chi connectivity index (χ0v) is 9.45. The van der Waals surface area contributed by atoms with E-state index in [1.807, 2.05) is 0 Å². The monoisotopic (exact) mass is 298 g/mol. The molecule has 0 saturated heterocycles. The molecule has 1 rings (SSSR count). The van der Waals surface area contributed by atoms with Crippen molar-refractivity contribution in [3.8, 4) is 28.7 Å². The smallest absolute Gasteiger partial charge is 0.503 e. The van der Waals surface area contributed by atoms with E-state index in [1.165, 1.54) is 0 Å². The van der Waals surface area contributed by atoms with Crippen LogP contribution in [0.4, 0.5) is 4.79 Å². The number of phenolic OH excluding ortho intramolecular Hbond substituents is 3. The van der Waals surface area contributed by atoms with Gasteiger partial charge in [0, 0.05) is 0 Å². The van der Waals surface area contributed by atoms with E-state index in [2.05, 4.69) is 9.62 Å². The molecule has 1 aromatic rings. The van der Waals surface area contributed by atoms with Crippen LogP contribution in [0, 0.1) is 0 Å². The first-order chi connectivity index (χ1) is 8.61. The van der Waals surface area contributed by atoms with Gasteiger partial charge in [0.1, 0.15) is 0 Å². The van der Waals surface area contributed by atoms with Crippen molar-refractivity contribution in [2.24, 2.45) is 0 Å². The lowest BCUT2D eigenvalue weighted by Crippen LogP contribution is -2.07. The van der Waals surface area contributed by atoms with Crippen molar-refractivity contribution < 1.29 is 53.1 Å². The maximum Gasteiger partial charge on any atom is 0.511 e. The van der Waals surface area contributed by atoms with Crippen LogP contribution in [0.2, 0.25) is 0 Å². The molecule has 11 nitrogen and oxygen atoms in total. The van der Waals surface area contributed by atoms with Crippen LogP contribution >= 0.6 is 0 Å². The highest BCUT2D eigenvalue weighted by Gasteiger charge is 2.34. The van der Waals surface area contributed by atoms with Crippen molar-refractivity contribution in [3.05, 3.63) is 0 Å². The van der Waals surface area contributed by atoms with Crippen molar-refractivity contribution in [1.29, 1.82) is 0 Å². The van der Waals surface area contributed by atoms with Gasteiger partial charge in [-0.25, -0.2) is 10.1 Å². The molecule has 0 aliphatic carbocycles. The molecular weight excluding hydrogens is 292 g/mol. The number of benzene rings is 1. The van der Waals surface area contributed by atoms with E-state index in [4.69, 9.17) is 14.9 Å². The van der Waals surface area contributed by atoms with Crippen LogP contribution < -0.4 is 9.62 Å². The van der Waals surface area contributed by atoms with E-state index in [0.29, 0.717) is 0 Å². The molecule has 0 amide bonds. The molecule has 1 aromatic carbocycles. The Bertz CT molecular complexity index is 631. The Balaban J connectivity index is 3.78. The van der Waals surface area contributed by atoms with Crippen molar-refractivity contribution in [2.45, 2.75) is 4.90 Å². The molecule has 19 heavy (non-hydrogen) atoms. The summed E-state index contributed by atoms with van der Waals surface area (Å²) >= 11 is 0. The lowest BCUT2D eigenvalue weighted by molar-refractivity contribution is -0.140. The van der Waals surface area contributed by atoms with Crippen LogP contribution in [-0.4, -0.2) is 44.8 Å². The zero-order chi connectivity index (χ0) is 15.0. The van der Waals surface area contributed by atoms with Crippen LogP contribution in [0.25, 0.3) is 0 Å². The first-order valence-corrected chi connectivity index (χ1v) is 5.55. The maximum atomic E-state index is 10.9. The fourth-order valence-corrected chi connectivity index (χ4v) is 1.83. The van der Waals surface area contributed by atoms with Gasteiger partial charge in [0.05, 0.1) is 0 Å². The summed E-state index contributed by atoms with van der Waals surface area (Å²) in [5, 5.41) is 44.7. The minimum absolute atomic E-state index is 1.28. The average molecular weight is 298 g/mol. The van der Waals surface area contributed by atoms with Crippen molar-refractivity contribution in [1.82, 2.24) is 0 Å². The third-order valence-corrected chi connectivity index (χ3v) is 2.73. The summed E-state index contributed by atoms with van der Waals surface area (Å²) < 4.78 is 34.3. The number of hydrogen-bond acceptors (Lipinski definition) is 9. The zero-order valence-electron chi connectivity index (χ0n) is 8.63. The molecule has 0 heterocycles. The number of carboxylic acid groups (broad SMARTS) is 1. The number of rotatable bonds is 3. The van der Waals surface area contributed by atoms with E-state index < -0.39 is 49.9 Å². The second-order valence-corrected chi connectivity index (χ2v) is 4.33. The Morgan fingerprint density at radius 3 is 1.89 bits per heavy atom. The number of phenols is 3. The van der Waals surface area contributed by atoms with Gasteiger partial charge in [0.25, 0.3) is 5.75 Å². The quantitative estimate of drug-likeness (QED) is 0.0833. The van der Waals surface area contributed by atoms with Crippen LogP contribution in [0.3, 0.4) is 0 Å². The molecule has 12 heteroatoms. The van der Waals surface area contributed by atoms with E-state index in [0.717, 1.165) is 0 Å². The third-order valence-electron chi connectivity index (χ3n) is 1.83. The summed E-state index contributed by atoms with van der Waals surface area (Å²) in [7, 11) is -5.22. The third kappa shape index (κ3) is 2.54. The molecule has 0 fully saturated rings. The molecule has 0 spiro atoms. The molecule has 0 aliphatic heterocycles. The van der Waals surface area contributed by atoms with Gasteiger partial charge in [0.2, 0.25) is 11.5 Å². The fourth-order valence-electron chi connectivity index (χ4n) is 1.16. The minimum Gasteiger partial charge on any atom is -0.503 e. The maximum absolute atomic E-state index is 10.9. The Labute approximate surface area is 104 Å². The lowest BCUT2D eigenvalue weighted by atomic mass is 10.2. The molecule has 0 unspecified atom stereocenters. The minimum atomic E-state index is -5.22. The summed E-state index contributed by atoms with van der Waals surface area (Å²) in [6, 6.07) is 0. The Morgan fingerprint density at radius 1 is 1.00 bits per heavy atom. The lowest BCUT2D eigenvalue weighted by Gasteiger charge is -2.13. The molecule has 6 N–H and O–H groups in total. The van der Waals surface area contributed by atoms with Gasteiger partial charge in [-0.15, -0.1) is 0 Å². The topological polar surface area (TPSA) is 191 Å². The van der Waals surface area contributed by atoms with Crippen LogP contribution in [0.1, 0.15) is 0 Å². The number of aromatic hydroxyl groups is 3. The summed E-state index contributed by atoms with van der Waals surface area (Å²) in [6.07, 6.45) is -2.04. The van der Waals surface area contributed by atoms with Gasteiger partial charge in [-0.3, -0.25) is 4.55 Å². The van der Waals surface area contributed by atoms with E-state index >= 15 is 0 Å². The van der Waals surface area contributed by atoms with Gasteiger partial charge in [0.15, 0.2) is 16.4 Å². The molecule has 0 atom stereocenters. The average Bonchev–Trinajstić information content (AvgIpc) is 2.23. The van der Waals surface area contributed by atoms with Crippen LogP contribution in [-0.2, 0) is 10.1 Å². The van der Waals surface area contributed by atoms with Crippen molar-refractivity contribution in [2.75, 3.05) is 0 Å². The van der Waals surface area contributed by atoms with Gasteiger partial charge in [-0.2, -0.15) is 8.42 Å². The number of hydrogen-bond donors (Lipinski definition) is 6. The van der Waals surface area contributed by atoms with Gasteiger partial charge in [-0.1, -0.05) is 0 Å². The summed E-state index contributed by atoms with van der Waals surface area (Å²) in [4.78, 5) is 12.2. The van der Waals surface area contributed by atoms with Gasteiger partial charge in [-0.05, 0) is 0 Å². The van der Waals surface area contributed by atoms with E-state index in [1.54, 1.807) is 0 Å². The fraction of sp³-hybridized carbons (Fsp3) is 0. The summed E-state index contributed by atoms with van der Waals surface area (Å²) in [6.45, 7) is 0. The standard InChI is InChI=1S/C7H6O11S/c8-1-2(9)6(19(14,15)16)3(10)5(18-13)4(1)17-7(11)12/h8-10,13H,(H,11,12)(H,14,15,16). The molecule has 106 valence electrons. The van der Waals surface area contributed by atoms with Crippen LogP contribution in [0.5, 0.6) is 28.7 Å². The molecule has 0 radical (unpaired) electrons. The molecule has 0 aliphatic rings. The number of carbonyl (C=O) groups is 1. The highest BCUT2D eigenvalue weighted by molar-refractivity contribution is 7.86. The Morgan fingerprint density at radius 2 is 1.53 bits per heavy atom. The molecular formula is C7H6O11S. The van der Waals surface area contributed by atoms with Gasteiger partial charge >= 0.3 is 16.3 Å². The predicted octanol–water partition coefficient (Wildman–Crippen LogP) is -0.0413. The SMILES string of the molecule is O=C(O)Oc1c(O)c(O)c(S(=O)(=O)O)c(O)c1OO. The van der Waals surface area contributed by atoms with Gasteiger partial charge < -0.3 is 30.1 Å². The molecule has 0 aromatic heterocycles. The first-order valence-electron chi connectivity index (χ1n) is 4.11.